The molecule has 1 fully saturated rings. The van der Waals surface area contributed by atoms with E-state index in [1.54, 1.807) is 0 Å². The third-order valence-electron chi connectivity index (χ3n) is 3.66. The molecule has 0 bridgehead atoms. The summed E-state index contributed by atoms with van der Waals surface area (Å²) in [6.07, 6.45) is 5.13. The zero-order chi connectivity index (χ0) is 9.84. The van der Waals surface area contributed by atoms with Gasteiger partial charge in [0.05, 0.1) is 0 Å². The zero-order valence-corrected chi connectivity index (χ0v) is 9.29. The highest BCUT2D eigenvalue weighted by molar-refractivity contribution is 4.80. The van der Waals surface area contributed by atoms with Crippen LogP contribution in [0.1, 0.15) is 46.5 Å². The van der Waals surface area contributed by atoms with E-state index < -0.39 is 0 Å². The van der Waals surface area contributed by atoms with Crippen LogP contribution in [0.15, 0.2) is 0 Å². The number of hydrogen-bond donors (Lipinski definition) is 1. The second-order valence-electron chi connectivity index (χ2n) is 5.10. The first-order chi connectivity index (χ1) is 6.15. The molecule has 0 aromatic heterocycles. The van der Waals surface area contributed by atoms with Crippen LogP contribution in [0.4, 0.5) is 0 Å². The van der Waals surface area contributed by atoms with Crippen molar-refractivity contribution in [2.45, 2.75) is 46.5 Å². The van der Waals surface area contributed by atoms with Gasteiger partial charge < -0.3 is 5.11 Å². The highest BCUT2D eigenvalue weighted by Crippen LogP contribution is 2.39. The molecule has 0 aromatic rings. The third-order valence-corrected chi connectivity index (χ3v) is 3.66. The maximum absolute atomic E-state index is 9.00. The van der Waals surface area contributed by atoms with Crippen LogP contribution in [-0.2, 0) is 0 Å². The Balaban J connectivity index is 2.50. The highest BCUT2D eigenvalue weighted by Gasteiger charge is 2.29. The van der Waals surface area contributed by atoms with Gasteiger partial charge in [-0.1, -0.05) is 27.2 Å². The highest BCUT2D eigenvalue weighted by atomic mass is 16.3. The third kappa shape index (κ3) is 2.98. The Bertz CT molecular complexity index is 142. The van der Waals surface area contributed by atoms with E-state index in [1.165, 1.54) is 19.3 Å². The standard InChI is InChI=1S/C12H24O/c1-9(2)12-5-4-10(3)8-11(12)6-7-13/h9-13H,4-8H2,1-3H3. The van der Waals surface area contributed by atoms with Crippen LogP contribution in [0.3, 0.4) is 0 Å². The van der Waals surface area contributed by atoms with Crippen LogP contribution >= 0.6 is 0 Å². The van der Waals surface area contributed by atoms with Crippen molar-refractivity contribution in [1.29, 1.82) is 0 Å². The molecule has 1 rings (SSSR count). The summed E-state index contributed by atoms with van der Waals surface area (Å²) in [7, 11) is 0. The molecular formula is C12H24O. The van der Waals surface area contributed by atoms with Gasteiger partial charge in [0.2, 0.25) is 0 Å². The van der Waals surface area contributed by atoms with Crippen molar-refractivity contribution in [3.8, 4) is 0 Å². The summed E-state index contributed by atoms with van der Waals surface area (Å²) in [5.74, 6) is 3.33. The summed E-state index contributed by atoms with van der Waals surface area (Å²) < 4.78 is 0. The molecule has 13 heavy (non-hydrogen) atoms. The van der Waals surface area contributed by atoms with Gasteiger partial charge >= 0.3 is 0 Å². The van der Waals surface area contributed by atoms with Crippen molar-refractivity contribution in [2.24, 2.45) is 23.7 Å². The molecule has 1 aliphatic rings. The topological polar surface area (TPSA) is 20.2 Å². The molecule has 1 aliphatic carbocycles. The summed E-state index contributed by atoms with van der Waals surface area (Å²) in [5, 5.41) is 9.00. The summed E-state index contributed by atoms with van der Waals surface area (Å²) in [5.41, 5.74) is 0. The minimum atomic E-state index is 0.376. The van der Waals surface area contributed by atoms with E-state index in [9.17, 15) is 0 Å². The first kappa shape index (κ1) is 11.0. The van der Waals surface area contributed by atoms with Gasteiger partial charge in [-0.3, -0.25) is 0 Å². The average Bonchev–Trinajstić information content (AvgIpc) is 2.04. The van der Waals surface area contributed by atoms with E-state index in [2.05, 4.69) is 20.8 Å². The van der Waals surface area contributed by atoms with E-state index in [1.807, 2.05) is 0 Å². The molecule has 3 atom stereocenters. The molecule has 3 unspecified atom stereocenters. The molecule has 0 radical (unpaired) electrons. The van der Waals surface area contributed by atoms with Gasteiger partial charge in [0.1, 0.15) is 0 Å². The molecule has 0 heterocycles. The van der Waals surface area contributed by atoms with Crippen LogP contribution in [-0.4, -0.2) is 11.7 Å². The van der Waals surface area contributed by atoms with Gasteiger partial charge in [-0.2, -0.15) is 0 Å². The lowest BCUT2D eigenvalue weighted by Crippen LogP contribution is -2.28. The van der Waals surface area contributed by atoms with Gasteiger partial charge in [-0.05, 0) is 42.9 Å². The van der Waals surface area contributed by atoms with E-state index in [-0.39, 0.29) is 0 Å². The van der Waals surface area contributed by atoms with Crippen molar-refractivity contribution in [3.05, 3.63) is 0 Å². The van der Waals surface area contributed by atoms with Crippen molar-refractivity contribution in [1.82, 2.24) is 0 Å². The van der Waals surface area contributed by atoms with Gasteiger partial charge in [0.15, 0.2) is 0 Å². The van der Waals surface area contributed by atoms with E-state index in [0.29, 0.717) is 6.61 Å². The molecule has 0 aromatic carbocycles. The van der Waals surface area contributed by atoms with E-state index >= 15 is 0 Å². The second-order valence-corrected chi connectivity index (χ2v) is 5.10. The number of aliphatic hydroxyl groups excluding tert-OH is 1. The van der Waals surface area contributed by atoms with Crippen LogP contribution in [0.5, 0.6) is 0 Å². The Morgan fingerprint density at radius 2 is 2.00 bits per heavy atom. The average molecular weight is 184 g/mol. The maximum Gasteiger partial charge on any atom is 0.0433 e. The first-order valence-corrected chi connectivity index (χ1v) is 5.76. The van der Waals surface area contributed by atoms with Crippen LogP contribution in [0.25, 0.3) is 0 Å². The minimum absolute atomic E-state index is 0.376. The minimum Gasteiger partial charge on any atom is -0.396 e. The number of hydrogen-bond acceptors (Lipinski definition) is 1. The Labute approximate surface area is 82.5 Å². The predicted molar refractivity (Wildman–Crippen MR) is 56.5 cm³/mol. The fourth-order valence-corrected chi connectivity index (χ4v) is 2.90. The smallest absolute Gasteiger partial charge is 0.0433 e. The van der Waals surface area contributed by atoms with Crippen LogP contribution in [0.2, 0.25) is 0 Å². The largest absolute Gasteiger partial charge is 0.396 e. The van der Waals surface area contributed by atoms with Crippen molar-refractivity contribution in [2.75, 3.05) is 6.61 Å². The lowest BCUT2D eigenvalue weighted by atomic mass is 9.69. The Morgan fingerprint density at radius 1 is 1.31 bits per heavy atom. The molecule has 1 N–H and O–H groups in total. The van der Waals surface area contributed by atoms with Crippen LogP contribution in [0, 0.1) is 23.7 Å². The van der Waals surface area contributed by atoms with E-state index in [0.717, 1.165) is 30.1 Å². The Kier molecular flexibility index (Phi) is 4.24. The van der Waals surface area contributed by atoms with Crippen molar-refractivity contribution >= 4 is 0 Å². The van der Waals surface area contributed by atoms with Crippen molar-refractivity contribution in [3.63, 3.8) is 0 Å². The number of aliphatic hydroxyl groups is 1. The van der Waals surface area contributed by atoms with Crippen molar-refractivity contribution < 1.29 is 5.11 Å². The monoisotopic (exact) mass is 184 g/mol. The molecule has 0 amide bonds. The summed E-state index contributed by atoms with van der Waals surface area (Å²) in [6.45, 7) is 7.37. The predicted octanol–water partition coefficient (Wildman–Crippen LogP) is 3.08. The molecule has 0 aliphatic heterocycles. The Hall–Kier alpha value is -0.0400. The fourth-order valence-electron chi connectivity index (χ4n) is 2.90. The SMILES string of the molecule is CC1CCC(C(C)C)C(CCO)C1. The van der Waals surface area contributed by atoms with Gasteiger partial charge in [0, 0.05) is 6.61 Å². The molecule has 0 spiro atoms. The van der Waals surface area contributed by atoms with Gasteiger partial charge in [0.25, 0.3) is 0 Å². The van der Waals surface area contributed by atoms with Crippen LogP contribution < -0.4 is 0 Å². The van der Waals surface area contributed by atoms with Gasteiger partial charge in [-0.15, -0.1) is 0 Å². The normalized spacial score (nSPS) is 35.3. The molecular weight excluding hydrogens is 160 g/mol. The first-order valence-electron chi connectivity index (χ1n) is 5.76. The summed E-state index contributed by atoms with van der Waals surface area (Å²) in [6, 6.07) is 0. The summed E-state index contributed by atoms with van der Waals surface area (Å²) in [4.78, 5) is 0. The quantitative estimate of drug-likeness (QED) is 0.714. The molecule has 1 saturated carbocycles. The van der Waals surface area contributed by atoms with Gasteiger partial charge in [-0.25, -0.2) is 0 Å². The second kappa shape index (κ2) is 4.99. The molecule has 78 valence electrons. The molecule has 0 saturated heterocycles. The maximum atomic E-state index is 9.00. The number of rotatable bonds is 3. The fraction of sp³-hybridized carbons (Fsp3) is 1.00. The lowest BCUT2D eigenvalue weighted by Gasteiger charge is -2.37. The molecule has 1 heteroatoms. The summed E-state index contributed by atoms with van der Waals surface area (Å²) >= 11 is 0. The molecule has 1 nitrogen and oxygen atoms in total. The van der Waals surface area contributed by atoms with E-state index in [4.69, 9.17) is 5.11 Å². The zero-order valence-electron chi connectivity index (χ0n) is 9.29. The Morgan fingerprint density at radius 3 is 2.54 bits per heavy atom. The lowest BCUT2D eigenvalue weighted by molar-refractivity contribution is 0.114.